The van der Waals surface area contributed by atoms with Crippen LogP contribution in [0.4, 0.5) is 0 Å². The normalized spacial score (nSPS) is 15.0. The van der Waals surface area contributed by atoms with Crippen LogP contribution in [0, 0.1) is 0 Å². The largest absolute Gasteiger partial charge is 0.480 e. The van der Waals surface area contributed by atoms with Gasteiger partial charge in [-0.2, -0.15) is 0 Å². The number of rotatable bonds is 20. The Bertz CT molecular complexity index is 655. The molecule has 3 atom stereocenters. The van der Waals surface area contributed by atoms with E-state index in [2.05, 4.69) is 38.2 Å². The van der Waals surface area contributed by atoms with Gasteiger partial charge in [0.05, 0.1) is 13.2 Å². The van der Waals surface area contributed by atoms with Gasteiger partial charge in [0.2, 0.25) is 5.91 Å². The third-order valence-electron chi connectivity index (χ3n) is 4.34. The molecule has 0 aromatic rings. The molecule has 0 saturated carbocycles. The fourth-order valence-corrected chi connectivity index (χ4v) is 3.34. The lowest BCUT2D eigenvalue weighted by Gasteiger charge is -2.18. The van der Waals surface area contributed by atoms with E-state index in [-0.39, 0.29) is 6.42 Å². The summed E-state index contributed by atoms with van der Waals surface area (Å²) in [5.74, 6) is -2.58. The third kappa shape index (κ3) is 19.4. The number of carboxylic acids is 1. The molecule has 0 spiro atoms. The number of allylic oxidation sites excluding steroid dienone is 2. The first kappa shape index (κ1) is 31.2. The SMILES string of the molecule is CCC/C=C\CCCCCCCC(=O)NC(COP(=O)(O)OCC(O)COC(C)=O)C(=O)O. The van der Waals surface area contributed by atoms with Crippen molar-refractivity contribution in [3.8, 4) is 0 Å². The fraction of sp³-hybridized carbons (Fsp3) is 0.762. The molecule has 4 N–H and O–H groups in total. The van der Waals surface area contributed by atoms with Crippen molar-refractivity contribution in [3.05, 3.63) is 12.2 Å². The van der Waals surface area contributed by atoms with E-state index < -0.39 is 57.6 Å². The minimum absolute atomic E-state index is 0.135. The van der Waals surface area contributed by atoms with Gasteiger partial charge >= 0.3 is 19.8 Å². The molecular weight excluding hydrogens is 457 g/mol. The topological polar surface area (TPSA) is 169 Å². The lowest BCUT2D eigenvalue weighted by molar-refractivity contribution is -0.144. The van der Waals surface area contributed by atoms with E-state index in [0.717, 1.165) is 51.9 Å². The van der Waals surface area contributed by atoms with Crippen LogP contribution in [0.5, 0.6) is 0 Å². The van der Waals surface area contributed by atoms with Gasteiger partial charge in [-0.1, -0.05) is 44.8 Å². The molecule has 0 fully saturated rings. The van der Waals surface area contributed by atoms with Crippen molar-refractivity contribution in [2.75, 3.05) is 19.8 Å². The Morgan fingerprint density at radius 1 is 0.970 bits per heavy atom. The highest BCUT2D eigenvalue weighted by Gasteiger charge is 2.28. The van der Waals surface area contributed by atoms with Crippen LogP contribution in [0.1, 0.15) is 71.6 Å². The van der Waals surface area contributed by atoms with Crippen LogP contribution < -0.4 is 5.32 Å². The second-order valence-corrected chi connectivity index (χ2v) is 8.99. The van der Waals surface area contributed by atoms with Crippen LogP contribution in [0.15, 0.2) is 12.2 Å². The molecule has 0 heterocycles. The van der Waals surface area contributed by atoms with Gasteiger partial charge in [0.25, 0.3) is 0 Å². The Balaban J connectivity index is 4.13. The van der Waals surface area contributed by atoms with Gasteiger partial charge in [0.1, 0.15) is 12.7 Å². The average Bonchev–Trinajstić information content (AvgIpc) is 2.74. The highest BCUT2D eigenvalue weighted by molar-refractivity contribution is 7.47. The van der Waals surface area contributed by atoms with Gasteiger partial charge in [-0.3, -0.25) is 18.6 Å². The van der Waals surface area contributed by atoms with Gasteiger partial charge in [0.15, 0.2) is 6.04 Å². The first-order valence-corrected chi connectivity index (χ1v) is 12.7. The van der Waals surface area contributed by atoms with Crippen LogP contribution in [-0.4, -0.2) is 64.9 Å². The van der Waals surface area contributed by atoms with Crippen molar-refractivity contribution >= 4 is 25.7 Å². The van der Waals surface area contributed by atoms with Crippen molar-refractivity contribution in [2.45, 2.75) is 83.8 Å². The van der Waals surface area contributed by atoms with Crippen molar-refractivity contribution < 1.29 is 47.8 Å². The summed E-state index contributed by atoms with van der Waals surface area (Å²) >= 11 is 0. The molecule has 12 heteroatoms. The Morgan fingerprint density at radius 3 is 2.21 bits per heavy atom. The molecule has 0 aliphatic rings. The van der Waals surface area contributed by atoms with Crippen LogP contribution in [-0.2, 0) is 32.7 Å². The number of esters is 1. The molecule has 1 amide bonds. The smallest absolute Gasteiger partial charge is 0.472 e. The number of nitrogens with one attached hydrogen (secondary N) is 1. The number of hydrogen-bond acceptors (Lipinski definition) is 8. The minimum atomic E-state index is -4.70. The zero-order chi connectivity index (χ0) is 25.1. The van der Waals surface area contributed by atoms with E-state index >= 15 is 0 Å². The van der Waals surface area contributed by atoms with E-state index in [1.807, 2.05) is 0 Å². The van der Waals surface area contributed by atoms with E-state index in [9.17, 15) is 34.1 Å². The predicted octanol–water partition coefficient (Wildman–Crippen LogP) is 2.70. The molecule has 3 unspecified atom stereocenters. The van der Waals surface area contributed by atoms with Gasteiger partial charge in [-0.25, -0.2) is 9.36 Å². The second-order valence-electron chi connectivity index (χ2n) is 7.54. The third-order valence-corrected chi connectivity index (χ3v) is 5.29. The minimum Gasteiger partial charge on any atom is -0.480 e. The summed E-state index contributed by atoms with van der Waals surface area (Å²) in [5, 5.41) is 21.0. The van der Waals surface area contributed by atoms with E-state index in [1.54, 1.807) is 0 Å². The maximum Gasteiger partial charge on any atom is 0.472 e. The summed E-state index contributed by atoms with van der Waals surface area (Å²) < 4.78 is 25.5. The van der Waals surface area contributed by atoms with Crippen LogP contribution >= 0.6 is 7.82 Å². The van der Waals surface area contributed by atoms with E-state index in [1.165, 1.54) is 0 Å². The van der Waals surface area contributed by atoms with Crippen molar-refractivity contribution in [2.24, 2.45) is 0 Å². The summed E-state index contributed by atoms with van der Waals surface area (Å²) in [5.41, 5.74) is 0. The summed E-state index contributed by atoms with van der Waals surface area (Å²) in [6.45, 7) is 1.33. The highest BCUT2D eigenvalue weighted by atomic mass is 31.2. The second kappa shape index (κ2) is 18.6. The first-order chi connectivity index (χ1) is 15.6. The van der Waals surface area contributed by atoms with Crippen molar-refractivity contribution in [1.82, 2.24) is 5.32 Å². The Labute approximate surface area is 195 Å². The molecule has 0 aromatic carbocycles. The summed E-state index contributed by atoms with van der Waals surface area (Å²) in [6, 6.07) is -1.54. The van der Waals surface area contributed by atoms with E-state index in [0.29, 0.717) is 6.42 Å². The lowest BCUT2D eigenvalue weighted by atomic mass is 10.1. The Hall–Kier alpha value is -1.78. The molecule has 0 saturated heterocycles. The van der Waals surface area contributed by atoms with Gasteiger partial charge < -0.3 is 25.2 Å². The summed E-state index contributed by atoms with van der Waals surface area (Å²) in [6.07, 6.45) is 11.0. The maximum atomic E-state index is 12.0. The monoisotopic (exact) mass is 495 g/mol. The highest BCUT2D eigenvalue weighted by Crippen LogP contribution is 2.43. The maximum absolute atomic E-state index is 12.0. The number of aliphatic hydroxyl groups is 1. The molecule has 0 rings (SSSR count). The molecule has 0 aliphatic heterocycles. The predicted molar refractivity (Wildman–Crippen MR) is 120 cm³/mol. The number of carbonyl (C=O) groups is 3. The average molecular weight is 496 g/mol. The molecule has 0 bridgehead atoms. The summed E-state index contributed by atoms with van der Waals surface area (Å²) in [4.78, 5) is 43.5. The standard InChI is InChI=1S/C21H38NO10P/c1-3-4-5-6-7-8-9-10-11-12-13-20(25)22-19(21(26)27)16-32-33(28,29)31-15-18(24)14-30-17(2)23/h5-6,18-19,24H,3-4,7-16H2,1-2H3,(H,22,25)(H,26,27)(H,28,29)/b6-5-. The first-order valence-electron chi connectivity index (χ1n) is 11.2. The number of ether oxygens (including phenoxy) is 1. The van der Waals surface area contributed by atoms with Gasteiger partial charge in [-0.05, 0) is 25.7 Å². The molecule has 11 nitrogen and oxygen atoms in total. The van der Waals surface area contributed by atoms with Gasteiger partial charge in [0, 0.05) is 13.3 Å². The van der Waals surface area contributed by atoms with Crippen molar-refractivity contribution in [3.63, 3.8) is 0 Å². The number of aliphatic hydroxyl groups excluding tert-OH is 1. The molecular formula is C21H38NO10P. The molecule has 0 aromatic heterocycles. The number of aliphatic carboxylic acids is 1. The fourth-order valence-electron chi connectivity index (χ4n) is 2.57. The summed E-state index contributed by atoms with van der Waals surface area (Å²) in [7, 11) is -4.70. The number of phosphoric ester groups is 1. The van der Waals surface area contributed by atoms with Gasteiger partial charge in [-0.15, -0.1) is 0 Å². The number of carboxylic acid groups (broad SMARTS) is 1. The molecule has 33 heavy (non-hydrogen) atoms. The van der Waals surface area contributed by atoms with Crippen LogP contribution in [0.25, 0.3) is 0 Å². The number of phosphoric acid groups is 1. The quantitative estimate of drug-likeness (QED) is 0.0852. The zero-order valence-corrected chi connectivity index (χ0v) is 20.3. The number of unbranched alkanes of at least 4 members (excludes halogenated alkanes) is 6. The molecule has 0 radical (unpaired) electrons. The number of carbonyl (C=O) groups excluding carboxylic acids is 2. The number of amides is 1. The number of hydrogen-bond donors (Lipinski definition) is 4. The molecule has 0 aliphatic carbocycles. The Kier molecular flexibility index (Phi) is 17.6. The van der Waals surface area contributed by atoms with Crippen molar-refractivity contribution in [1.29, 1.82) is 0 Å². The zero-order valence-electron chi connectivity index (χ0n) is 19.4. The van der Waals surface area contributed by atoms with E-state index in [4.69, 9.17) is 0 Å². The Morgan fingerprint density at radius 2 is 1.58 bits per heavy atom. The lowest BCUT2D eigenvalue weighted by Crippen LogP contribution is -2.43. The van der Waals surface area contributed by atoms with Crippen LogP contribution in [0.3, 0.4) is 0 Å². The van der Waals surface area contributed by atoms with Crippen LogP contribution in [0.2, 0.25) is 0 Å². The molecule has 192 valence electrons.